The molecule has 100 valence electrons. The smallest absolute Gasteiger partial charge is 0.223 e. The Labute approximate surface area is 120 Å². The molecule has 0 spiro atoms. The van der Waals surface area contributed by atoms with E-state index in [-0.39, 0.29) is 5.91 Å². The lowest BCUT2D eigenvalue weighted by Crippen LogP contribution is -2.04. The molecule has 0 unspecified atom stereocenters. The van der Waals surface area contributed by atoms with Crippen LogP contribution in [0.15, 0.2) is 42.5 Å². The highest BCUT2D eigenvalue weighted by Crippen LogP contribution is 2.31. The molecule has 5 heteroatoms. The summed E-state index contributed by atoms with van der Waals surface area (Å²) < 4.78 is 1.04. The van der Waals surface area contributed by atoms with E-state index in [0.29, 0.717) is 5.13 Å². The minimum Gasteiger partial charge on any atom is -0.399 e. The van der Waals surface area contributed by atoms with Crippen LogP contribution in [0.4, 0.5) is 10.8 Å². The van der Waals surface area contributed by atoms with Crippen molar-refractivity contribution in [3.8, 4) is 11.1 Å². The fourth-order valence-corrected chi connectivity index (χ4v) is 2.98. The lowest BCUT2D eigenvalue weighted by Gasteiger charge is -2.02. The van der Waals surface area contributed by atoms with Crippen molar-refractivity contribution in [1.29, 1.82) is 0 Å². The third-order valence-electron chi connectivity index (χ3n) is 2.89. The summed E-state index contributed by atoms with van der Waals surface area (Å²) in [5.74, 6) is -0.111. The molecule has 2 aromatic carbocycles. The minimum absolute atomic E-state index is 0.111. The van der Waals surface area contributed by atoms with Crippen LogP contribution in [0.1, 0.15) is 6.92 Å². The normalized spacial score (nSPS) is 10.7. The Balaban J connectivity index is 2.04. The Morgan fingerprint density at radius 2 is 2.00 bits per heavy atom. The number of anilines is 2. The molecule has 0 saturated heterocycles. The first kappa shape index (κ1) is 12.6. The molecule has 0 bridgehead atoms. The van der Waals surface area contributed by atoms with Gasteiger partial charge in [0.25, 0.3) is 0 Å². The van der Waals surface area contributed by atoms with Gasteiger partial charge in [-0.25, -0.2) is 4.98 Å². The van der Waals surface area contributed by atoms with Crippen LogP contribution in [0.5, 0.6) is 0 Å². The summed E-state index contributed by atoms with van der Waals surface area (Å²) in [6.45, 7) is 1.48. The van der Waals surface area contributed by atoms with Crippen molar-refractivity contribution >= 4 is 38.3 Å². The zero-order valence-corrected chi connectivity index (χ0v) is 11.7. The number of nitrogens with one attached hydrogen (secondary N) is 1. The standard InChI is InChI=1S/C15H13N3OS/c1-9(19)17-15-18-13-6-5-11(8-14(13)20-15)10-3-2-4-12(16)7-10/h2-8H,16H2,1H3,(H,17,18,19). The molecule has 0 aliphatic rings. The second-order valence-electron chi connectivity index (χ2n) is 4.51. The van der Waals surface area contributed by atoms with Gasteiger partial charge in [-0.15, -0.1) is 0 Å². The number of hydrogen-bond acceptors (Lipinski definition) is 4. The van der Waals surface area contributed by atoms with Crippen molar-refractivity contribution in [2.45, 2.75) is 6.92 Å². The first-order valence-corrected chi connectivity index (χ1v) is 6.97. The van der Waals surface area contributed by atoms with Gasteiger partial charge in [-0.1, -0.05) is 29.5 Å². The molecule has 3 N–H and O–H groups in total. The molecule has 0 radical (unpaired) electrons. The fourth-order valence-electron chi connectivity index (χ4n) is 2.03. The number of fused-ring (bicyclic) bond motifs is 1. The highest BCUT2D eigenvalue weighted by molar-refractivity contribution is 7.22. The van der Waals surface area contributed by atoms with E-state index in [2.05, 4.69) is 16.4 Å². The van der Waals surface area contributed by atoms with Gasteiger partial charge in [-0.05, 0) is 35.4 Å². The number of nitrogens with zero attached hydrogens (tertiary/aromatic N) is 1. The number of rotatable bonds is 2. The number of amides is 1. The average molecular weight is 283 g/mol. The summed E-state index contributed by atoms with van der Waals surface area (Å²) >= 11 is 1.46. The van der Waals surface area contributed by atoms with Gasteiger partial charge < -0.3 is 11.1 Å². The van der Waals surface area contributed by atoms with Crippen molar-refractivity contribution in [2.24, 2.45) is 0 Å². The van der Waals surface area contributed by atoms with Crippen LogP contribution in [0, 0.1) is 0 Å². The topological polar surface area (TPSA) is 68.0 Å². The average Bonchev–Trinajstić information content (AvgIpc) is 2.78. The van der Waals surface area contributed by atoms with Crippen molar-refractivity contribution in [2.75, 3.05) is 11.1 Å². The number of nitrogen functional groups attached to an aromatic ring is 1. The maximum Gasteiger partial charge on any atom is 0.223 e. The summed E-state index contributed by atoms with van der Waals surface area (Å²) in [6.07, 6.45) is 0. The van der Waals surface area contributed by atoms with Crippen LogP contribution >= 0.6 is 11.3 Å². The number of nitrogens with two attached hydrogens (primary N) is 1. The van der Waals surface area contributed by atoms with E-state index in [1.807, 2.05) is 36.4 Å². The van der Waals surface area contributed by atoms with Gasteiger partial charge in [0.05, 0.1) is 10.2 Å². The Hall–Kier alpha value is -2.40. The monoisotopic (exact) mass is 283 g/mol. The maximum atomic E-state index is 11.1. The molecule has 1 amide bonds. The molecule has 4 nitrogen and oxygen atoms in total. The predicted octanol–water partition coefficient (Wildman–Crippen LogP) is 3.50. The van der Waals surface area contributed by atoms with Gasteiger partial charge >= 0.3 is 0 Å². The Bertz CT molecular complexity index is 795. The molecule has 3 aromatic rings. The maximum absolute atomic E-state index is 11.1. The molecular weight excluding hydrogens is 270 g/mol. The molecule has 0 saturated carbocycles. The SMILES string of the molecule is CC(=O)Nc1nc2ccc(-c3cccc(N)c3)cc2s1. The first-order chi connectivity index (χ1) is 9.61. The third-order valence-corrected chi connectivity index (χ3v) is 3.82. The number of aromatic nitrogens is 1. The Morgan fingerprint density at radius 1 is 1.20 bits per heavy atom. The van der Waals surface area contributed by atoms with Crippen LogP contribution in [-0.4, -0.2) is 10.9 Å². The highest BCUT2D eigenvalue weighted by atomic mass is 32.1. The van der Waals surface area contributed by atoms with E-state index >= 15 is 0 Å². The molecule has 0 fully saturated rings. The molecule has 0 aliphatic carbocycles. The number of carbonyl (C=O) groups excluding carboxylic acids is 1. The summed E-state index contributed by atoms with van der Waals surface area (Å²) in [5, 5.41) is 3.33. The van der Waals surface area contributed by atoms with E-state index < -0.39 is 0 Å². The van der Waals surface area contributed by atoms with Gasteiger partial charge in [0.2, 0.25) is 5.91 Å². The lowest BCUT2D eigenvalue weighted by molar-refractivity contribution is -0.114. The Morgan fingerprint density at radius 3 is 2.75 bits per heavy atom. The van der Waals surface area contributed by atoms with Crippen LogP contribution in [0.25, 0.3) is 21.3 Å². The van der Waals surface area contributed by atoms with Crippen molar-refractivity contribution in [1.82, 2.24) is 4.98 Å². The molecule has 1 aromatic heterocycles. The molecule has 0 atom stereocenters. The van der Waals surface area contributed by atoms with Crippen molar-refractivity contribution in [3.63, 3.8) is 0 Å². The van der Waals surface area contributed by atoms with Crippen LogP contribution in [0.2, 0.25) is 0 Å². The van der Waals surface area contributed by atoms with Gasteiger partial charge in [0.15, 0.2) is 5.13 Å². The zero-order chi connectivity index (χ0) is 14.1. The fraction of sp³-hybridized carbons (Fsp3) is 0.0667. The number of benzene rings is 2. The first-order valence-electron chi connectivity index (χ1n) is 6.16. The van der Waals surface area contributed by atoms with E-state index in [1.165, 1.54) is 18.3 Å². The third kappa shape index (κ3) is 2.48. The summed E-state index contributed by atoms with van der Waals surface area (Å²) in [4.78, 5) is 15.4. The van der Waals surface area contributed by atoms with Crippen molar-refractivity contribution < 1.29 is 4.79 Å². The van der Waals surface area contributed by atoms with Gasteiger partial charge in [0.1, 0.15) is 0 Å². The predicted molar refractivity (Wildman–Crippen MR) is 83.8 cm³/mol. The summed E-state index contributed by atoms with van der Waals surface area (Å²) in [7, 11) is 0. The molecule has 20 heavy (non-hydrogen) atoms. The Kier molecular flexibility index (Phi) is 3.12. The van der Waals surface area contributed by atoms with Gasteiger partial charge in [-0.2, -0.15) is 0 Å². The van der Waals surface area contributed by atoms with Gasteiger partial charge in [0, 0.05) is 12.6 Å². The van der Waals surface area contributed by atoms with Crippen molar-refractivity contribution in [3.05, 3.63) is 42.5 Å². The molecule has 1 heterocycles. The number of carbonyl (C=O) groups is 1. The lowest BCUT2D eigenvalue weighted by atomic mass is 10.1. The molecular formula is C15H13N3OS. The summed E-state index contributed by atoms with van der Waals surface area (Å²) in [6, 6.07) is 13.8. The van der Waals surface area contributed by atoms with Crippen LogP contribution < -0.4 is 11.1 Å². The van der Waals surface area contributed by atoms with Gasteiger partial charge in [-0.3, -0.25) is 4.79 Å². The molecule has 0 aliphatic heterocycles. The minimum atomic E-state index is -0.111. The van der Waals surface area contributed by atoms with E-state index in [1.54, 1.807) is 0 Å². The molecule has 3 rings (SSSR count). The van der Waals surface area contributed by atoms with Crippen LogP contribution in [-0.2, 0) is 4.79 Å². The number of hydrogen-bond donors (Lipinski definition) is 2. The van der Waals surface area contributed by atoms with E-state index in [9.17, 15) is 4.79 Å². The second-order valence-corrected chi connectivity index (χ2v) is 5.54. The largest absolute Gasteiger partial charge is 0.399 e. The highest BCUT2D eigenvalue weighted by Gasteiger charge is 2.07. The van der Waals surface area contributed by atoms with E-state index in [4.69, 9.17) is 5.73 Å². The second kappa shape index (κ2) is 4.94. The summed E-state index contributed by atoms with van der Waals surface area (Å²) in [5.41, 5.74) is 9.59. The zero-order valence-electron chi connectivity index (χ0n) is 10.9. The quantitative estimate of drug-likeness (QED) is 0.707. The van der Waals surface area contributed by atoms with E-state index in [0.717, 1.165) is 27.0 Å². The van der Waals surface area contributed by atoms with Crippen LogP contribution in [0.3, 0.4) is 0 Å². The number of thiazole rings is 1.